The van der Waals surface area contributed by atoms with E-state index in [0.29, 0.717) is 6.54 Å². The average Bonchev–Trinajstić information content (AvgIpc) is 3.22. The van der Waals surface area contributed by atoms with Crippen molar-refractivity contribution in [2.24, 2.45) is 4.99 Å². The summed E-state index contributed by atoms with van der Waals surface area (Å²) in [6.07, 6.45) is 3.44. The first-order chi connectivity index (χ1) is 14.0. The molecule has 0 spiro atoms. The summed E-state index contributed by atoms with van der Waals surface area (Å²) in [6, 6.07) is 8.52. The zero-order valence-electron chi connectivity index (χ0n) is 18.0. The molecule has 0 radical (unpaired) electrons. The van der Waals surface area contributed by atoms with Crippen LogP contribution in [0, 0.1) is 0 Å². The minimum atomic E-state index is 0.234. The molecule has 1 saturated heterocycles. The van der Waals surface area contributed by atoms with Gasteiger partial charge in [-0.25, -0.2) is 9.98 Å². The molecule has 0 bridgehead atoms. The predicted molar refractivity (Wildman–Crippen MR) is 122 cm³/mol. The van der Waals surface area contributed by atoms with Crippen LogP contribution in [-0.4, -0.2) is 61.3 Å². The molecule has 2 atom stereocenters. The first kappa shape index (κ1) is 21.6. The van der Waals surface area contributed by atoms with E-state index in [1.165, 1.54) is 4.88 Å². The monoisotopic (exact) mass is 415 g/mol. The van der Waals surface area contributed by atoms with Gasteiger partial charge in [0.15, 0.2) is 5.96 Å². The number of hydrogen-bond acceptors (Lipinski definition) is 5. The van der Waals surface area contributed by atoms with E-state index in [9.17, 15) is 0 Å². The third-order valence-corrected chi connectivity index (χ3v) is 5.87. The molecule has 0 saturated carbocycles. The number of rotatable bonds is 7. The minimum absolute atomic E-state index is 0.234. The van der Waals surface area contributed by atoms with E-state index >= 15 is 0 Å². The third kappa shape index (κ3) is 6.44. The van der Waals surface area contributed by atoms with Crippen molar-refractivity contribution in [1.82, 2.24) is 15.2 Å². The van der Waals surface area contributed by atoms with Crippen LogP contribution in [0.4, 0.5) is 5.82 Å². The molecule has 1 aliphatic heterocycles. The Morgan fingerprint density at radius 3 is 2.72 bits per heavy atom. The fourth-order valence-electron chi connectivity index (χ4n) is 3.54. The fourth-order valence-corrected chi connectivity index (χ4v) is 4.23. The molecule has 29 heavy (non-hydrogen) atoms. The molecule has 1 N–H and O–H groups in total. The van der Waals surface area contributed by atoms with E-state index in [2.05, 4.69) is 77.6 Å². The Balaban J connectivity index is 1.58. The van der Waals surface area contributed by atoms with Gasteiger partial charge in [0.2, 0.25) is 0 Å². The molecule has 2 aromatic heterocycles. The highest BCUT2D eigenvalue weighted by Crippen LogP contribution is 2.18. The number of anilines is 1. The summed E-state index contributed by atoms with van der Waals surface area (Å²) >= 11 is 1.81. The van der Waals surface area contributed by atoms with E-state index in [1.54, 1.807) is 11.3 Å². The Morgan fingerprint density at radius 1 is 1.31 bits per heavy atom. The Morgan fingerprint density at radius 2 is 2.10 bits per heavy atom. The summed E-state index contributed by atoms with van der Waals surface area (Å²) in [6.45, 7) is 10.5. The van der Waals surface area contributed by atoms with Gasteiger partial charge in [-0.2, -0.15) is 0 Å². The average molecular weight is 416 g/mol. The quantitative estimate of drug-likeness (QED) is 0.555. The van der Waals surface area contributed by atoms with Gasteiger partial charge in [-0.3, -0.25) is 0 Å². The van der Waals surface area contributed by atoms with Crippen molar-refractivity contribution in [3.05, 3.63) is 46.3 Å². The summed E-state index contributed by atoms with van der Waals surface area (Å²) in [5.74, 6) is 1.95. The predicted octanol–water partition coefficient (Wildman–Crippen LogP) is 3.40. The molecular formula is C22H33N5OS. The lowest BCUT2D eigenvalue weighted by Gasteiger charge is -2.36. The molecule has 2 aromatic rings. The lowest BCUT2D eigenvalue weighted by Crippen LogP contribution is -2.45. The van der Waals surface area contributed by atoms with E-state index in [-0.39, 0.29) is 12.2 Å². The van der Waals surface area contributed by atoms with E-state index in [0.717, 1.165) is 49.9 Å². The highest BCUT2D eigenvalue weighted by molar-refractivity contribution is 7.09. The standard InChI is InChI=1S/C22H33N5OS/c1-5-23-22(26(4)11-10-20-7-6-12-29-20)25-14-19-8-9-21(24-13-19)27-15-17(2)28-18(3)16-27/h6-9,12-13,17-18H,5,10-11,14-16H2,1-4H3,(H,23,25). The van der Waals surface area contributed by atoms with Crippen LogP contribution in [0.25, 0.3) is 0 Å². The maximum Gasteiger partial charge on any atom is 0.193 e. The summed E-state index contributed by atoms with van der Waals surface area (Å²) in [5.41, 5.74) is 1.12. The second kappa shape index (κ2) is 10.6. The highest BCUT2D eigenvalue weighted by Gasteiger charge is 2.22. The van der Waals surface area contributed by atoms with Crippen LogP contribution in [-0.2, 0) is 17.7 Å². The number of hydrogen-bond donors (Lipinski definition) is 1. The van der Waals surface area contributed by atoms with Gasteiger partial charge < -0.3 is 19.9 Å². The molecule has 7 heteroatoms. The molecule has 3 rings (SSSR count). The van der Waals surface area contributed by atoms with Crippen molar-refractivity contribution in [1.29, 1.82) is 0 Å². The smallest absolute Gasteiger partial charge is 0.193 e. The van der Waals surface area contributed by atoms with Crippen molar-refractivity contribution in [3.63, 3.8) is 0 Å². The van der Waals surface area contributed by atoms with Gasteiger partial charge in [-0.1, -0.05) is 12.1 Å². The number of pyridine rings is 1. The number of thiophene rings is 1. The Bertz CT molecular complexity index is 752. The molecule has 1 aliphatic rings. The number of nitrogens with zero attached hydrogens (tertiary/aromatic N) is 4. The number of nitrogens with one attached hydrogen (secondary N) is 1. The molecule has 2 unspecified atom stereocenters. The molecular weight excluding hydrogens is 382 g/mol. The van der Waals surface area contributed by atoms with Crippen LogP contribution in [0.2, 0.25) is 0 Å². The largest absolute Gasteiger partial charge is 0.372 e. The van der Waals surface area contributed by atoms with Crippen molar-refractivity contribution in [3.8, 4) is 0 Å². The van der Waals surface area contributed by atoms with Crippen LogP contribution < -0.4 is 10.2 Å². The van der Waals surface area contributed by atoms with Crippen LogP contribution in [0.15, 0.2) is 40.8 Å². The number of morpholine rings is 1. The molecule has 0 aromatic carbocycles. The van der Waals surface area contributed by atoms with Gasteiger partial charge in [0, 0.05) is 44.3 Å². The molecule has 3 heterocycles. The first-order valence-corrected chi connectivity index (χ1v) is 11.3. The summed E-state index contributed by atoms with van der Waals surface area (Å²) in [4.78, 5) is 15.4. The Hall–Kier alpha value is -2.12. The van der Waals surface area contributed by atoms with Crippen molar-refractivity contribution in [2.75, 3.05) is 38.1 Å². The van der Waals surface area contributed by atoms with E-state index in [1.807, 2.05) is 6.20 Å². The number of guanidine groups is 1. The summed E-state index contributed by atoms with van der Waals surface area (Å²) < 4.78 is 5.82. The maximum atomic E-state index is 5.82. The molecule has 1 fully saturated rings. The van der Waals surface area contributed by atoms with E-state index < -0.39 is 0 Å². The van der Waals surface area contributed by atoms with Gasteiger partial charge >= 0.3 is 0 Å². The van der Waals surface area contributed by atoms with Crippen molar-refractivity contribution in [2.45, 2.75) is 45.9 Å². The Kier molecular flexibility index (Phi) is 7.89. The van der Waals surface area contributed by atoms with Gasteiger partial charge in [-0.05, 0) is 50.3 Å². The Labute approximate surface area is 178 Å². The van der Waals surface area contributed by atoms with E-state index in [4.69, 9.17) is 9.73 Å². The van der Waals surface area contributed by atoms with Gasteiger partial charge in [-0.15, -0.1) is 11.3 Å². The maximum absolute atomic E-state index is 5.82. The number of ether oxygens (including phenoxy) is 1. The topological polar surface area (TPSA) is 53.0 Å². The second-order valence-electron chi connectivity index (χ2n) is 7.61. The zero-order valence-corrected chi connectivity index (χ0v) is 18.8. The number of aromatic nitrogens is 1. The summed E-state index contributed by atoms with van der Waals surface area (Å²) in [5, 5.41) is 5.52. The summed E-state index contributed by atoms with van der Waals surface area (Å²) in [7, 11) is 2.09. The van der Waals surface area contributed by atoms with Crippen LogP contribution in [0.5, 0.6) is 0 Å². The molecule has 0 aliphatic carbocycles. The fraction of sp³-hybridized carbons (Fsp3) is 0.545. The lowest BCUT2D eigenvalue weighted by atomic mass is 10.2. The van der Waals surface area contributed by atoms with Crippen LogP contribution in [0.1, 0.15) is 31.2 Å². The van der Waals surface area contributed by atoms with Crippen molar-refractivity contribution >= 4 is 23.1 Å². The number of aliphatic imine (C=N–C) groups is 1. The zero-order chi connectivity index (χ0) is 20.6. The van der Waals surface area contributed by atoms with Crippen LogP contribution >= 0.6 is 11.3 Å². The number of likely N-dealkylation sites (N-methyl/N-ethyl adjacent to an activating group) is 1. The highest BCUT2D eigenvalue weighted by atomic mass is 32.1. The van der Waals surface area contributed by atoms with Gasteiger partial charge in [0.25, 0.3) is 0 Å². The first-order valence-electron chi connectivity index (χ1n) is 10.4. The van der Waals surface area contributed by atoms with Gasteiger partial charge in [0.1, 0.15) is 5.82 Å². The molecule has 0 amide bonds. The lowest BCUT2D eigenvalue weighted by molar-refractivity contribution is -0.00545. The third-order valence-electron chi connectivity index (χ3n) is 4.93. The normalized spacial score (nSPS) is 20.0. The molecule has 158 valence electrons. The minimum Gasteiger partial charge on any atom is -0.372 e. The molecule has 6 nitrogen and oxygen atoms in total. The van der Waals surface area contributed by atoms with Crippen LogP contribution in [0.3, 0.4) is 0 Å². The van der Waals surface area contributed by atoms with Gasteiger partial charge in [0.05, 0.1) is 18.8 Å². The van der Waals surface area contributed by atoms with Crippen molar-refractivity contribution < 1.29 is 4.74 Å². The SMILES string of the molecule is CCNC(=NCc1ccc(N2CC(C)OC(C)C2)nc1)N(C)CCc1cccs1. The second-order valence-corrected chi connectivity index (χ2v) is 8.64.